The minimum absolute atomic E-state index is 0.0607. The van der Waals surface area contributed by atoms with E-state index >= 15 is 0 Å². The maximum Gasteiger partial charge on any atom is 0.320 e. The molecule has 1 atom stereocenters. The highest BCUT2D eigenvalue weighted by molar-refractivity contribution is 5.78. The van der Waals surface area contributed by atoms with Gasteiger partial charge in [-0.25, -0.2) is 0 Å². The summed E-state index contributed by atoms with van der Waals surface area (Å²) in [4.78, 5) is 22.1. The number of benzene rings is 1. The summed E-state index contributed by atoms with van der Waals surface area (Å²) in [5.41, 5.74) is 7.46. The lowest BCUT2D eigenvalue weighted by atomic mass is 10.1. The van der Waals surface area contributed by atoms with Crippen molar-refractivity contribution in [3.63, 3.8) is 0 Å². The van der Waals surface area contributed by atoms with Crippen molar-refractivity contribution in [3.8, 4) is 0 Å². The summed E-state index contributed by atoms with van der Waals surface area (Å²) < 4.78 is 0. The molecule has 0 saturated heterocycles. The van der Waals surface area contributed by atoms with Gasteiger partial charge in [-0.3, -0.25) is 9.59 Å². The SMILES string of the molecule is Cc1cccc(CC(=O)NCCC[C@H](N)C(=O)O)c1. The highest BCUT2D eigenvalue weighted by atomic mass is 16.4. The summed E-state index contributed by atoms with van der Waals surface area (Å²) in [5.74, 6) is -1.07. The van der Waals surface area contributed by atoms with Crippen molar-refractivity contribution in [2.75, 3.05) is 6.54 Å². The molecule has 4 N–H and O–H groups in total. The Bertz CT molecular complexity index is 446. The van der Waals surface area contributed by atoms with Crippen LogP contribution in [0.5, 0.6) is 0 Å². The molecule has 0 heterocycles. The van der Waals surface area contributed by atoms with Gasteiger partial charge in [0.15, 0.2) is 0 Å². The second kappa shape index (κ2) is 7.53. The predicted octanol–water partition coefficient (Wildman–Crippen LogP) is 0.846. The van der Waals surface area contributed by atoms with Crippen LogP contribution >= 0.6 is 0 Å². The zero-order chi connectivity index (χ0) is 14.3. The van der Waals surface area contributed by atoms with E-state index < -0.39 is 12.0 Å². The minimum Gasteiger partial charge on any atom is -0.480 e. The average Bonchev–Trinajstić information content (AvgIpc) is 2.34. The Labute approximate surface area is 112 Å². The molecule has 1 rings (SSSR count). The standard InChI is InChI=1S/C14H20N2O3/c1-10-4-2-5-11(8-10)9-13(17)16-7-3-6-12(15)14(18)19/h2,4-5,8,12H,3,6-7,9,15H2,1H3,(H,16,17)(H,18,19)/t12-/m0/s1. The number of hydrogen-bond donors (Lipinski definition) is 3. The molecule has 0 aliphatic heterocycles. The number of hydrogen-bond acceptors (Lipinski definition) is 3. The quantitative estimate of drug-likeness (QED) is 0.636. The molecule has 1 aromatic rings. The molecule has 0 bridgehead atoms. The van der Waals surface area contributed by atoms with Crippen LogP contribution < -0.4 is 11.1 Å². The largest absolute Gasteiger partial charge is 0.480 e. The zero-order valence-corrected chi connectivity index (χ0v) is 11.1. The number of aliphatic carboxylic acids is 1. The number of aryl methyl sites for hydroxylation is 1. The average molecular weight is 264 g/mol. The van der Waals surface area contributed by atoms with Crippen LogP contribution in [0.25, 0.3) is 0 Å². The first-order valence-corrected chi connectivity index (χ1v) is 6.29. The van der Waals surface area contributed by atoms with Crippen LogP contribution in [0.4, 0.5) is 0 Å². The van der Waals surface area contributed by atoms with Crippen LogP contribution in [0.3, 0.4) is 0 Å². The summed E-state index contributed by atoms with van der Waals surface area (Å²) in [6.45, 7) is 2.43. The number of rotatable bonds is 7. The molecule has 0 unspecified atom stereocenters. The lowest BCUT2D eigenvalue weighted by molar-refractivity contribution is -0.138. The monoisotopic (exact) mass is 264 g/mol. The number of carbonyl (C=O) groups is 2. The third kappa shape index (κ3) is 6.01. The highest BCUT2D eigenvalue weighted by Crippen LogP contribution is 2.04. The van der Waals surface area contributed by atoms with Gasteiger partial charge in [0, 0.05) is 6.54 Å². The van der Waals surface area contributed by atoms with Crippen LogP contribution in [-0.4, -0.2) is 29.6 Å². The number of nitrogens with one attached hydrogen (secondary N) is 1. The van der Waals surface area contributed by atoms with Crippen molar-refractivity contribution in [3.05, 3.63) is 35.4 Å². The van der Waals surface area contributed by atoms with Gasteiger partial charge in [-0.1, -0.05) is 29.8 Å². The first-order chi connectivity index (χ1) is 8.99. The van der Waals surface area contributed by atoms with Crippen LogP contribution in [-0.2, 0) is 16.0 Å². The zero-order valence-electron chi connectivity index (χ0n) is 11.1. The fraction of sp³-hybridized carbons (Fsp3) is 0.429. The van der Waals surface area contributed by atoms with Gasteiger partial charge >= 0.3 is 5.97 Å². The highest BCUT2D eigenvalue weighted by Gasteiger charge is 2.10. The number of carbonyl (C=O) groups excluding carboxylic acids is 1. The molecule has 0 aromatic heterocycles. The maximum atomic E-state index is 11.6. The van der Waals surface area contributed by atoms with E-state index in [1.807, 2.05) is 31.2 Å². The summed E-state index contributed by atoms with van der Waals surface area (Å²) in [6, 6.07) is 6.93. The molecule has 1 aromatic carbocycles. The summed E-state index contributed by atoms with van der Waals surface area (Å²) in [7, 11) is 0. The summed E-state index contributed by atoms with van der Waals surface area (Å²) >= 11 is 0. The van der Waals surface area contributed by atoms with Crippen LogP contribution in [0.15, 0.2) is 24.3 Å². The van der Waals surface area contributed by atoms with Crippen molar-refractivity contribution in [1.29, 1.82) is 0 Å². The Morgan fingerprint density at radius 2 is 2.16 bits per heavy atom. The second-order valence-corrected chi connectivity index (χ2v) is 4.60. The molecule has 0 aliphatic rings. The molecule has 0 saturated carbocycles. The van der Waals surface area contributed by atoms with Crippen molar-refractivity contribution in [2.24, 2.45) is 5.73 Å². The number of carboxylic acid groups (broad SMARTS) is 1. The first kappa shape index (κ1) is 15.2. The smallest absolute Gasteiger partial charge is 0.320 e. The topological polar surface area (TPSA) is 92.4 Å². The van der Waals surface area contributed by atoms with Crippen molar-refractivity contribution < 1.29 is 14.7 Å². The number of carboxylic acids is 1. The molecule has 0 fully saturated rings. The van der Waals surface area contributed by atoms with Crippen LogP contribution in [0.1, 0.15) is 24.0 Å². The van der Waals surface area contributed by atoms with Crippen LogP contribution in [0, 0.1) is 6.92 Å². The Morgan fingerprint density at radius 3 is 2.79 bits per heavy atom. The maximum absolute atomic E-state index is 11.6. The fourth-order valence-corrected chi connectivity index (χ4v) is 1.74. The van der Waals surface area contributed by atoms with Gasteiger partial charge in [0.2, 0.25) is 5.91 Å². The van der Waals surface area contributed by atoms with Gasteiger partial charge in [-0.05, 0) is 25.3 Å². The van der Waals surface area contributed by atoms with E-state index in [1.165, 1.54) is 0 Å². The fourth-order valence-electron chi connectivity index (χ4n) is 1.74. The van der Waals surface area contributed by atoms with E-state index in [1.54, 1.807) is 0 Å². The van der Waals surface area contributed by atoms with Crippen molar-refractivity contribution in [2.45, 2.75) is 32.2 Å². The molecular formula is C14H20N2O3. The molecular weight excluding hydrogens is 244 g/mol. The third-order valence-corrected chi connectivity index (χ3v) is 2.78. The van der Waals surface area contributed by atoms with Gasteiger partial charge in [0.25, 0.3) is 0 Å². The second-order valence-electron chi connectivity index (χ2n) is 4.60. The van der Waals surface area contributed by atoms with E-state index in [-0.39, 0.29) is 5.91 Å². The van der Waals surface area contributed by atoms with Gasteiger partial charge in [-0.15, -0.1) is 0 Å². The molecule has 0 aliphatic carbocycles. The van der Waals surface area contributed by atoms with E-state index in [2.05, 4.69) is 5.32 Å². The van der Waals surface area contributed by atoms with Crippen LogP contribution in [0.2, 0.25) is 0 Å². The molecule has 5 nitrogen and oxygen atoms in total. The lowest BCUT2D eigenvalue weighted by Crippen LogP contribution is -2.32. The molecule has 5 heteroatoms. The predicted molar refractivity (Wildman–Crippen MR) is 72.7 cm³/mol. The molecule has 0 spiro atoms. The van der Waals surface area contributed by atoms with Gasteiger partial charge in [0.1, 0.15) is 6.04 Å². The summed E-state index contributed by atoms with van der Waals surface area (Å²) in [6.07, 6.45) is 1.26. The normalized spacial score (nSPS) is 11.9. The third-order valence-electron chi connectivity index (χ3n) is 2.78. The van der Waals surface area contributed by atoms with Gasteiger partial charge in [0.05, 0.1) is 6.42 Å². The van der Waals surface area contributed by atoms with Gasteiger partial charge in [-0.2, -0.15) is 0 Å². The Kier molecular flexibility index (Phi) is 6.02. The molecule has 104 valence electrons. The van der Waals surface area contributed by atoms with E-state index in [9.17, 15) is 9.59 Å². The van der Waals surface area contributed by atoms with E-state index in [0.717, 1.165) is 11.1 Å². The summed E-state index contributed by atoms with van der Waals surface area (Å²) in [5, 5.41) is 11.4. The molecule has 1 amide bonds. The Hall–Kier alpha value is -1.88. The van der Waals surface area contributed by atoms with Crippen molar-refractivity contribution in [1.82, 2.24) is 5.32 Å². The van der Waals surface area contributed by atoms with E-state index in [0.29, 0.717) is 25.8 Å². The van der Waals surface area contributed by atoms with Gasteiger partial charge < -0.3 is 16.2 Å². The van der Waals surface area contributed by atoms with Crippen molar-refractivity contribution >= 4 is 11.9 Å². The number of amides is 1. The van der Waals surface area contributed by atoms with E-state index in [4.69, 9.17) is 10.8 Å². The molecule has 19 heavy (non-hydrogen) atoms. The molecule has 0 radical (unpaired) electrons. The Morgan fingerprint density at radius 1 is 1.42 bits per heavy atom. The number of nitrogens with two attached hydrogens (primary N) is 1. The minimum atomic E-state index is -1.01. The Balaban J connectivity index is 2.23. The first-order valence-electron chi connectivity index (χ1n) is 6.29. The lowest BCUT2D eigenvalue weighted by Gasteiger charge is -2.08.